The lowest BCUT2D eigenvalue weighted by molar-refractivity contribution is 0.0863. The van der Waals surface area contributed by atoms with Gasteiger partial charge in [0.05, 0.1) is 0 Å². The van der Waals surface area contributed by atoms with Crippen molar-refractivity contribution >= 4 is 17.2 Å². The zero-order valence-corrected chi connectivity index (χ0v) is 12.4. The zero-order valence-electron chi connectivity index (χ0n) is 11.6. The predicted octanol–water partition coefficient (Wildman–Crippen LogP) is 3.46. The topological polar surface area (TPSA) is 38.3 Å². The van der Waals surface area contributed by atoms with Gasteiger partial charge in [-0.25, -0.2) is 0 Å². The summed E-state index contributed by atoms with van der Waals surface area (Å²) in [6, 6.07) is 1.88. The normalized spacial score (nSPS) is 17.5. The van der Waals surface area contributed by atoms with Crippen LogP contribution in [-0.4, -0.2) is 25.7 Å². The molecule has 1 aromatic heterocycles. The number of hydrogen-bond donors (Lipinski definition) is 1. The number of rotatable bonds is 7. The van der Waals surface area contributed by atoms with Crippen LogP contribution in [0.5, 0.6) is 0 Å². The quantitative estimate of drug-likeness (QED) is 0.777. The third kappa shape index (κ3) is 4.05. The number of thiophene rings is 1. The minimum atomic E-state index is 0.0592. The van der Waals surface area contributed by atoms with Gasteiger partial charge >= 0.3 is 0 Å². The van der Waals surface area contributed by atoms with E-state index in [2.05, 4.69) is 5.32 Å². The highest BCUT2D eigenvalue weighted by Gasteiger charge is 2.33. The second-order valence-corrected chi connectivity index (χ2v) is 6.13. The van der Waals surface area contributed by atoms with Gasteiger partial charge in [-0.15, -0.1) is 0 Å². The number of ether oxygens (including phenoxy) is 1. The summed E-state index contributed by atoms with van der Waals surface area (Å²) in [5, 5.41) is 6.95. The highest BCUT2D eigenvalue weighted by atomic mass is 32.1. The number of nitrogens with one attached hydrogen (secondary N) is 1. The molecule has 0 radical (unpaired) electrons. The first kappa shape index (κ1) is 14.5. The highest BCUT2D eigenvalue weighted by molar-refractivity contribution is 7.08. The number of hydrogen-bond acceptors (Lipinski definition) is 3. The van der Waals surface area contributed by atoms with Crippen molar-refractivity contribution in [2.45, 2.75) is 39.0 Å². The van der Waals surface area contributed by atoms with Gasteiger partial charge in [0.1, 0.15) is 0 Å². The van der Waals surface area contributed by atoms with Gasteiger partial charge in [-0.1, -0.05) is 12.8 Å². The van der Waals surface area contributed by atoms with Crippen molar-refractivity contribution in [2.24, 2.45) is 5.41 Å². The smallest absolute Gasteiger partial charge is 0.252 e. The largest absolute Gasteiger partial charge is 0.382 e. The van der Waals surface area contributed by atoms with Crippen LogP contribution < -0.4 is 5.32 Å². The summed E-state index contributed by atoms with van der Waals surface area (Å²) in [6.45, 7) is 4.40. The van der Waals surface area contributed by atoms with E-state index in [1.54, 1.807) is 11.3 Å². The molecule has 0 spiro atoms. The summed E-state index contributed by atoms with van der Waals surface area (Å²) in [4.78, 5) is 12.0. The zero-order chi connectivity index (χ0) is 13.6. The number of amides is 1. The molecule has 1 aliphatic carbocycles. The Morgan fingerprint density at radius 3 is 2.89 bits per heavy atom. The van der Waals surface area contributed by atoms with Gasteiger partial charge in [0.15, 0.2) is 0 Å². The Labute approximate surface area is 119 Å². The van der Waals surface area contributed by atoms with Crippen LogP contribution in [0.1, 0.15) is 49.4 Å². The van der Waals surface area contributed by atoms with E-state index in [9.17, 15) is 4.79 Å². The Hall–Kier alpha value is -0.870. The molecule has 3 nitrogen and oxygen atoms in total. The average Bonchev–Trinajstić information content (AvgIpc) is 3.08. The first-order chi connectivity index (χ1) is 9.26. The summed E-state index contributed by atoms with van der Waals surface area (Å²) >= 11 is 1.56. The lowest BCUT2D eigenvalue weighted by Gasteiger charge is -2.29. The summed E-state index contributed by atoms with van der Waals surface area (Å²) in [7, 11) is 0. The Morgan fingerprint density at radius 1 is 1.47 bits per heavy atom. The van der Waals surface area contributed by atoms with E-state index < -0.39 is 0 Å². The van der Waals surface area contributed by atoms with Crippen LogP contribution >= 0.6 is 11.3 Å². The van der Waals surface area contributed by atoms with Crippen molar-refractivity contribution in [2.75, 3.05) is 19.8 Å². The molecule has 0 unspecified atom stereocenters. The molecular weight excluding hydrogens is 258 g/mol. The molecule has 0 aliphatic heterocycles. The van der Waals surface area contributed by atoms with Crippen molar-refractivity contribution < 1.29 is 9.53 Å². The van der Waals surface area contributed by atoms with E-state index >= 15 is 0 Å². The van der Waals surface area contributed by atoms with Gasteiger partial charge in [-0.05, 0) is 43.0 Å². The average molecular weight is 281 g/mol. The molecule has 1 amide bonds. The third-order valence-electron chi connectivity index (χ3n) is 4.05. The summed E-state index contributed by atoms with van der Waals surface area (Å²) < 4.78 is 5.49. The summed E-state index contributed by atoms with van der Waals surface area (Å²) in [6.07, 6.45) is 6.04. The van der Waals surface area contributed by atoms with Crippen LogP contribution in [0.3, 0.4) is 0 Å². The fourth-order valence-electron chi connectivity index (χ4n) is 2.84. The molecule has 1 aromatic rings. The van der Waals surface area contributed by atoms with Crippen molar-refractivity contribution in [1.29, 1.82) is 0 Å². The fourth-order valence-corrected chi connectivity index (χ4v) is 3.47. The molecule has 1 N–H and O–H groups in total. The van der Waals surface area contributed by atoms with E-state index in [0.717, 1.165) is 31.7 Å². The Balaban J connectivity index is 1.84. The molecule has 1 aliphatic rings. The van der Waals surface area contributed by atoms with Gasteiger partial charge in [-0.3, -0.25) is 4.79 Å². The minimum Gasteiger partial charge on any atom is -0.382 e. The van der Waals surface area contributed by atoms with Crippen molar-refractivity contribution in [3.63, 3.8) is 0 Å². The van der Waals surface area contributed by atoms with Crippen LogP contribution in [0.4, 0.5) is 0 Å². The van der Waals surface area contributed by atoms with Crippen LogP contribution in [0.2, 0.25) is 0 Å². The highest BCUT2D eigenvalue weighted by Crippen LogP contribution is 2.40. The SMILES string of the molecule is CCOCCC1(CNC(=O)c2ccsc2)CCCC1. The fraction of sp³-hybridized carbons (Fsp3) is 0.667. The van der Waals surface area contributed by atoms with E-state index in [1.165, 1.54) is 25.7 Å². The maximum absolute atomic E-state index is 12.0. The van der Waals surface area contributed by atoms with Gasteiger partial charge in [0.25, 0.3) is 5.91 Å². The maximum atomic E-state index is 12.0. The van der Waals surface area contributed by atoms with Crippen LogP contribution in [-0.2, 0) is 4.74 Å². The third-order valence-corrected chi connectivity index (χ3v) is 4.74. The Morgan fingerprint density at radius 2 is 2.26 bits per heavy atom. The molecule has 0 bridgehead atoms. The molecule has 2 rings (SSSR count). The molecular formula is C15H23NO2S. The molecule has 4 heteroatoms. The molecule has 106 valence electrons. The Kier molecular flexibility index (Phi) is 5.40. The summed E-state index contributed by atoms with van der Waals surface area (Å²) in [5.41, 5.74) is 1.05. The molecule has 1 heterocycles. The Bertz CT molecular complexity index is 383. The number of carbonyl (C=O) groups excluding carboxylic acids is 1. The van der Waals surface area contributed by atoms with Crippen molar-refractivity contribution in [3.05, 3.63) is 22.4 Å². The standard InChI is InChI=1S/C15H23NO2S/c1-2-18-9-8-15(6-3-4-7-15)12-16-14(17)13-5-10-19-11-13/h5,10-11H,2-4,6-9,12H2,1H3,(H,16,17). The molecule has 0 atom stereocenters. The molecule has 1 fully saturated rings. The first-order valence-corrected chi connectivity index (χ1v) is 8.08. The second kappa shape index (κ2) is 7.06. The summed E-state index contributed by atoms with van der Waals surface area (Å²) in [5.74, 6) is 0.0592. The van der Waals surface area contributed by atoms with Crippen LogP contribution in [0, 0.1) is 5.41 Å². The van der Waals surface area contributed by atoms with Gasteiger partial charge in [0.2, 0.25) is 0 Å². The van der Waals surface area contributed by atoms with Gasteiger partial charge in [0, 0.05) is 30.7 Å². The number of carbonyl (C=O) groups is 1. The van der Waals surface area contributed by atoms with E-state index in [4.69, 9.17) is 4.74 Å². The second-order valence-electron chi connectivity index (χ2n) is 5.35. The van der Waals surface area contributed by atoms with E-state index in [1.807, 2.05) is 23.8 Å². The molecule has 0 saturated heterocycles. The maximum Gasteiger partial charge on any atom is 0.252 e. The molecule has 1 saturated carbocycles. The monoisotopic (exact) mass is 281 g/mol. The van der Waals surface area contributed by atoms with Crippen LogP contribution in [0.15, 0.2) is 16.8 Å². The minimum absolute atomic E-state index is 0.0592. The molecule has 0 aromatic carbocycles. The van der Waals surface area contributed by atoms with Gasteiger partial charge < -0.3 is 10.1 Å². The van der Waals surface area contributed by atoms with Crippen molar-refractivity contribution in [3.8, 4) is 0 Å². The van der Waals surface area contributed by atoms with Gasteiger partial charge in [-0.2, -0.15) is 11.3 Å². The predicted molar refractivity (Wildman–Crippen MR) is 78.7 cm³/mol. The van der Waals surface area contributed by atoms with Crippen molar-refractivity contribution in [1.82, 2.24) is 5.32 Å². The van der Waals surface area contributed by atoms with E-state index in [-0.39, 0.29) is 11.3 Å². The lowest BCUT2D eigenvalue weighted by atomic mass is 9.83. The van der Waals surface area contributed by atoms with Crippen LogP contribution in [0.25, 0.3) is 0 Å². The first-order valence-electron chi connectivity index (χ1n) is 7.14. The molecule has 19 heavy (non-hydrogen) atoms. The lowest BCUT2D eigenvalue weighted by Crippen LogP contribution is -2.36. The van der Waals surface area contributed by atoms with E-state index in [0.29, 0.717) is 0 Å².